The molecule has 0 fully saturated rings. The summed E-state index contributed by atoms with van der Waals surface area (Å²) in [6.07, 6.45) is 0. The highest BCUT2D eigenvalue weighted by Gasteiger charge is 2.35. The molecule has 52 heavy (non-hydrogen) atoms. The van der Waals surface area contributed by atoms with E-state index in [1.807, 2.05) is 22.7 Å². The Morgan fingerprint density at radius 3 is 2.00 bits per heavy atom. The van der Waals surface area contributed by atoms with Gasteiger partial charge in [-0.15, -0.1) is 22.7 Å². The average molecular weight is 700 g/mol. The fourth-order valence-corrected chi connectivity index (χ4v) is 11.1. The molecule has 0 atom stereocenters. The smallest absolute Gasteiger partial charge is 0.0468 e. The first-order valence-electron chi connectivity index (χ1n) is 17.9. The highest BCUT2D eigenvalue weighted by Crippen LogP contribution is 2.51. The largest absolute Gasteiger partial charge is 0.310 e. The Balaban J connectivity index is 1.09. The van der Waals surface area contributed by atoms with Gasteiger partial charge in [-0.2, -0.15) is 0 Å². The van der Waals surface area contributed by atoms with Gasteiger partial charge in [-0.25, -0.2) is 0 Å². The maximum atomic E-state index is 2.44. The molecule has 0 spiro atoms. The molecule has 3 heteroatoms. The number of nitrogens with zero attached hydrogens (tertiary/aromatic N) is 1. The molecule has 1 aliphatic carbocycles. The summed E-state index contributed by atoms with van der Waals surface area (Å²) in [7, 11) is 0. The molecule has 11 rings (SSSR count). The monoisotopic (exact) mass is 699 g/mol. The van der Waals surface area contributed by atoms with Crippen LogP contribution in [-0.4, -0.2) is 0 Å². The molecule has 2 heterocycles. The number of anilines is 3. The van der Waals surface area contributed by atoms with Crippen molar-refractivity contribution >= 4 is 90.9 Å². The van der Waals surface area contributed by atoms with Gasteiger partial charge in [0.15, 0.2) is 0 Å². The molecule has 1 aliphatic rings. The molecule has 0 amide bonds. The van der Waals surface area contributed by atoms with Crippen molar-refractivity contribution in [3.63, 3.8) is 0 Å². The van der Waals surface area contributed by atoms with E-state index >= 15 is 0 Å². The Bertz CT molecular complexity index is 3050. The first kappa shape index (κ1) is 29.9. The number of benzene rings is 8. The van der Waals surface area contributed by atoms with E-state index in [1.165, 1.54) is 84.5 Å². The van der Waals surface area contributed by atoms with Crippen LogP contribution in [0.1, 0.15) is 25.0 Å². The zero-order valence-electron chi connectivity index (χ0n) is 28.9. The molecule has 0 radical (unpaired) electrons. The van der Waals surface area contributed by atoms with Crippen LogP contribution in [-0.2, 0) is 5.41 Å². The fourth-order valence-electron chi connectivity index (χ4n) is 8.73. The van der Waals surface area contributed by atoms with Gasteiger partial charge in [-0.3, -0.25) is 0 Å². The van der Waals surface area contributed by atoms with Crippen molar-refractivity contribution in [3.8, 4) is 22.3 Å². The lowest BCUT2D eigenvalue weighted by atomic mass is 9.82. The number of fused-ring (bicyclic) bond motifs is 11. The minimum Gasteiger partial charge on any atom is -0.310 e. The van der Waals surface area contributed by atoms with Crippen LogP contribution in [0.25, 0.3) is 73.4 Å². The summed E-state index contributed by atoms with van der Waals surface area (Å²) in [5, 5.41) is 7.91. The summed E-state index contributed by atoms with van der Waals surface area (Å²) in [5.74, 6) is 0. The normalized spacial score (nSPS) is 13.3. The molecule has 0 saturated carbocycles. The molecule has 8 aromatic carbocycles. The van der Waals surface area contributed by atoms with Crippen molar-refractivity contribution in [2.75, 3.05) is 4.90 Å². The van der Waals surface area contributed by atoms with Gasteiger partial charge in [-0.1, -0.05) is 123 Å². The molecule has 246 valence electrons. The SMILES string of the molecule is CC1(C)c2ccccc2-c2cc(N(c3ccc(-c4cccc5sc6c7ccccc7ccc6c45)cc3)c3ccc4sc5ccccc5c4c3)ccc21. The third-order valence-corrected chi connectivity index (χ3v) is 13.6. The van der Waals surface area contributed by atoms with Crippen LogP contribution in [0.4, 0.5) is 17.1 Å². The quantitative estimate of drug-likeness (QED) is 0.177. The molecule has 0 saturated heterocycles. The Morgan fingerprint density at radius 2 is 1.10 bits per heavy atom. The lowest BCUT2D eigenvalue weighted by Crippen LogP contribution is -2.15. The van der Waals surface area contributed by atoms with Gasteiger partial charge >= 0.3 is 0 Å². The van der Waals surface area contributed by atoms with E-state index in [0.717, 1.165) is 17.1 Å². The van der Waals surface area contributed by atoms with Gasteiger partial charge in [-0.05, 0) is 98.8 Å². The summed E-state index contributed by atoms with van der Waals surface area (Å²) in [6, 6.07) is 61.1. The molecule has 0 aliphatic heterocycles. The van der Waals surface area contributed by atoms with Gasteiger partial charge in [0.2, 0.25) is 0 Å². The van der Waals surface area contributed by atoms with Crippen molar-refractivity contribution in [3.05, 3.63) is 175 Å². The summed E-state index contributed by atoms with van der Waals surface area (Å²) >= 11 is 3.77. The summed E-state index contributed by atoms with van der Waals surface area (Å²) in [6.45, 7) is 4.70. The molecule has 10 aromatic rings. The summed E-state index contributed by atoms with van der Waals surface area (Å²) < 4.78 is 5.33. The fraction of sp³-hybridized carbons (Fsp3) is 0.0612. The summed E-state index contributed by atoms with van der Waals surface area (Å²) in [5.41, 5.74) is 11.4. The second-order valence-electron chi connectivity index (χ2n) is 14.5. The lowest BCUT2D eigenvalue weighted by Gasteiger charge is -2.27. The van der Waals surface area contributed by atoms with Gasteiger partial charge in [0.05, 0.1) is 0 Å². The average Bonchev–Trinajstić information content (AvgIpc) is 3.83. The predicted molar refractivity (Wildman–Crippen MR) is 227 cm³/mol. The van der Waals surface area contributed by atoms with Crippen molar-refractivity contribution in [2.24, 2.45) is 0 Å². The Labute approximate surface area is 310 Å². The number of rotatable bonds is 4. The number of hydrogen-bond acceptors (Lipinski definition) is 3. The minimum atomic E-state index is -0.0371. The zero-order chi connectivity index (χ0) is 34.6. The molecular weight excluding hydrogens is 667 g/mol. The molecular formula is C49H33NS2. The Hall–Kier alpha value is -5.74. The highest BCUT2D eigenvalue weighted by molar-refractivity contribution is 7.27. The van der Waals surface area contributed by atoms with E-state index in [0.29, 0.717) is 0 Å². The molecule has 1 nitrogen and oxygen atoms in total. The van der Waals surface area contributed by atoms with Crippen LogP contribution < -0.4 is 4.90 Å². The van der Waals surface area contributed by atoms with Gasteiger partial charge in [0.25, 0.3) is 0 Å². The highest BCUT2D eigenvalue weighted by atomic mass is 32.1. The summed E-state index contributed by atoms with van der Waals surface area (Å²) in [4.78, 5) is 2.44. The third-order valence-electron chi connectivity index (χ3n) is 11.3. The van der Waals surface area contributed by atoms with E-state index in [4.69, 9.17) is 0 Å². The lowest BCUT2D eigenvalue weighted by molar-refractivity contribution is 0.660. The second kappa shape index (κ2) is 11.1. The van der Waals surface area contributed by atoms with Gasteiger partial charge in [0, 0.05) is 62.8 Å². The Morgan fingerprint density at radius 1 is 0.423 bits per heavy atom. The maximum Gasteiger partial charge on any atom is 0.0468 e. The van der Waals surface area contributed by atoms with E-state index in [2.05, 4.69) is 183 Å². The van der Waals surface area contributed by atoms with Crippen molar-refractivity contribution < 1.29 is 0 Å². The van der Waals surface area contributed by atoms with Crippen LogP contribution in [0.3, 0.4) is 0 Å². The molecule has 2 aromatic heterocycles. The first-order chi connectivity index (χ1) is 25.5. The topological polar surface area (TPSA) is 3.24 Å². The van der Waals surface area contributed by atoms with E-state index in [-0.39, 0.29) is 5.41 Å². The number of thiophene rings is 2. The van der Waals surface area contributed by atoms with E-state index in [9.17, 15) is 0 Å². The second-order valence-corrected chi connectivity index (χ2v) is 16.6. The van der Waals surface area contributed by atoms with Crippen LogP contribution in [0.2, 0.25) is 0 Å². The van der Waals surface area contributed by atoms with E-state index < -0.39 is 0 Å². The maximum absolute atomic E-state index is 2.44. The van der Waals surface area contributed by atoms with Gasteiger partial charge < -0.3 is 4.90 Å². The van der Waals surface area contributed by atoms with E-state index in [1.54, 1.807) is 0 Å². The van der Waals surface area contributed by atoms with Crippen molar-refractivity contribution in [2.45, 2.75) is 19.3 Å². The predicted octanol–water partition coefficient (Wildman–Crippen LogP) is 15.0. The molecule has 0 N–H and O–H groups in total. The molecule has 0 unspecified atom stereocenters. The van der Waals surface area contributed by atoms with Crippen LogP contribution in [0.15, 0.2) is 164 Å². The van der Waals surface area contributed by atoms with Crippen molar-refractivity contribution in [1.29, 1.82) is 0 Å². The third kappa shape index (κ3) is 4.33. The zero-order valence-corrected chi connectivity index (χ0v) is 30.5. The van der Waals surface area contributed by atoms with Crippen molar-refractivity contribution in [1.82, 2.24) is 0 Å². The van der Waals surface area contributed by atoms with Gasteiger partial charge in [0.1, 0.15) is 0 Å². The minimum absolute atomic E-state index is 0.0371. The number of hydrogen-bond donors (Lipinski definition) is 0. The first-order valence-corrected chi connectivity index (χ1v) is 19.6. The van der Waals surface area contributed by atoms with Crippen LogP contribution >= 0.6 is 22.7 Å². The standard InChI is InChI=1S/C49H33NS2/c1-49(2)42-15-7-5-12-37(42)40-28-33(23-26-43(40)49)50(34-24-27-45-41(29-34)38-13-6-8-16-44(38)51-45)32-21-18-31(19-22-32)35-14-9-17-46-47(35)39-25-20-30-10-3-4-11-36(30)48(39)52-46/h3-29H,1-2H3. The Kier molecular flexibility index (Phi) is 6.41. The van der Waals surface area contributed by atoms with Crippen LogP contribution in [0.5, 0.6) is 0 Å². The van der Waals surface area contributed by atoms with Crippen LogP contribution in [0, 0.1) is 0 Å². The molecule has 0 bridgehead atoms.